The molecule has 1 amide bonds. The molecule has 1 saturated heterocycles. The van der Waals surface area contributed by atoms with Gasteiger partial charge in [0.15, 0.2) is 0 Å². The average Bonchev–Trinajstić information content (AvgIpc) is 2.33. The number of hydrogen-bond acceptors (Lipinski definition) is 1. The lowest BCUT2D eigenvalue weighted by Crippen LogP contribution is -2.43. The van der Waals surface area contributed by atoms with Crippen molar-refractivity contribution in [3.05, 3.63) is 33.8 Å². The van der Waals surface area contributed by atoms with Gasteiger partial charge in [-0.1, -0.05) is 23.2 Å². The molecule has 1 aromatic carbocycles. The summed E-state index contributed by atoms with van der Waals surface area (Å²) in [6.07, 6.45) is 0. The number of nitrogens with zero attached hydrogens (tertiary/aromatic N) is 2. The first-order valence-electron chi connectivity index (χ1n) is 5.06. The van der Waals surface area contributed by atoms with E-state index in [1.807, 2.05) is 0 Å². The molecule has 0 bridgehead atoms. The van der Waals surface area contributed by atoms with Crippen molar-refractivity contribution in [1.82, 2.24) is 10.2 Å². The molecule has 0 saturated carbocycles. The van der Waals surface area contributed by atoms with Crippen molar-refractivity contribution in [2.45, 2.75) is 0 Å². The van der Waals surface area contributed by atoms with E-state index in [4.69, 9.17) is 23.2 Å². The van der Waals surface area contributed by atoms with Crippen LogP contribution in [0.1, 0.15) is 10.4 Å². The predicted molar refractivity (Wildman–Crippen MR) is 64.2 cm³/mol. The summed E-state index contributed by atoms with van der Waals surface area (Å²) in [7, 11) is 0. The Morgan fingerprint density at radius 3 is 2.50 bits per heavy atom. The van der Waals surface area contributed by atoms with Crippen LogP contribution in [-0.2, 0) is 0 Å². The van der Waals surface area contributed by atoms with Crippen molar-refractivity contribution in [3.8, 4) is 0 Å². The number of halogens is 2. The number of amides is 1. The highest BCUT2D eigenvalue weighted by atomic mass is 35.5. The van der Waals surface area contributed by atoms with E-state index in [2.05, 4.69) is 5.32 Å². The molecule has 16 heavy (non-hydrogen) atoms. The molecule has 1 fully saturated rings. The van der Waals surface area contributed by atoms with Gasteiger partial charge in [-0.05, 0) is 18.2 Å². The van der Waals surface area contributed by atoms with Crippen LogP contribution in [0.5, 0.6) is 0 Å². The first-order chi connectivity index (χ1) is 7.68. The van der Waals surface area contributed by atoms with Crippen molar-refractivity contribution in [2.24, 2.45) is 0 Å². The summed E-state index contributed by atoms with van der Waals surface area (Å²) in [6, 6.07) is 4.95. The van der Waals surface area contributed by atoms with Gasteiger partial charge in [0.1, 0.15) is 0 Å². The van der Waals surface area contributed by atoms with Crippen LogP contribution in [-0.4, -0.2) is 37.0 Å². The molecule has 2 rings (SSSR count). The van der Waals surface area contributed by atoms with E-state index < -0.39 is 0 Å². The Morgan fingerprint density at radius 1 is 1.19 bits per heavy atom. The molecule has 5 heteroatoms. The van der Waals surface area contributed by atoms with Crippen LogP contribution in [0.3, 0.4) is 0 Å². The molecule has 3 nitrogen and oxygen atoms in total. The van der Waals surface area contributed by atoms with Gasteiger partial charge in [0.2, 0.25) is 0 Å². The number of carbonyl (C=O) groups excluding carboxylic acids is 1. The van der Waals surface area contributed by atoms with Gasteiger partial charge in [0.25, 0.3) is 5.91 Å². The fourth-order valence-electron chi connectivity index (χ4n) is 1.62. The van der Waals surface area contributed by atoms with Crippen molar-refractivity contribution in [3.63, 3.8) is 0 Å². The summed E-state index contributed by atoms with van der Waals surface area (Å²) < 4.78 is 0. The minimum absolute atomic E-state index is 0.00605. The largest absolute Gasteiger partial charge is 0.336 e. The molecule has 1 radical (unpaired) electrons. The molecule has 1 heterocycles. The summed E-state index contributed by atoms with van der Waals surface area (Å²) >= 11 is 11.7. The second-order valence-corrected chi connectivity index (χ2v) is 4.41. The Labute approximate surface area is 104 Å². The number of hydrogen-bond donors (Lipinski definition) is 0. The van der Waals surface area contributed by atoms with E-state index in [1.165, 1.54) is 0 Å². The van der Waals surface area contributed by atoms with Crippen molar-refractivity contribution in [2.75, 3.05) is 26.2 Å². The minimum atomic E-state index is -0.00605. The van der Waals surface area contributed by atoms with Crippen molar-refractivity contribution < 1.29 is 4.79 Å². The number of benzene rings is 1. The van der Waals surface area contributed by atoms with E-state index >= 15 is 0 Å². The minimum Gasteiger partial charge on any atom is -0.336 e. The number of rotatable bonds is 1. The molecule has 0 atom stereocenters. The van der Waals surface area contributed by atoms with Crippen LogP contribution in [0.4, 0.5) is 0 Å². The zero-order chi connectivity index (χ0) is 11.5. The second kappa shape index (κ2) is 5.04. The fourth-order valence-corrected chi connectivity index (χ4v) is 1.92. The predicted octanol–water partition coefficient (Wildman–Crippen LogP) is 2.05. The fraction of sp³-hybridized carbons (Fsp3) is 0.364. The van der Waals surface area contributed by atoms with Crippen LogP contribution in [0.2, 0.25) is 10.0 Å². The van der Waals surface area contributed by atoms with Gasteiger partial charge in [-0.3, -0.25) is 4.79 Å². The van der Waals surface area contributed by atoms with E-state index in [-0.39, 0.29) is 5.91 Å². The molecular formula is C11H11Cl2N2O. The van der Waals surface area contributed by atoms with Gasteiger partial charge in [-0.2, -0.15) is 0 Å². The van der Waals surface area contributed by atoms with Gasteiger partial charge in [0.05, 0.1) is 10.0 Å². The normalized spacial score (nSPS) is 16.2. The van der Waals surface area contributed by atoms with Gasteiger partial charge >= 0.3 is 0 Å². The third kappa shape index (κ3) is 2.48. The monoisotopic (exact) mass is 257 g/mol. The first-order valence-corrected chi connectivity index (χ1v) is 5.81. The molecular weight excluding hydrogens is 247 g/mol. The summed E-state index contributed by atoms with van der Waals surface area (Å²) in [5, 5.41) is 5.07. The molecule has 0 aromatic heterocycles. The van der Waals surface area contributed by atoms with E-state index in [9.17, 15) is 4.79 Å². The zero-order valence-electron chi connectivity index (χ0n) is 8.62. The molecule has 85 valence electrons. The summed E-state index contributed by atoms with van der Waals surface area (Å²) in [5.41, 5.74) is 0.580. The smallest absolute Gasteiger partial charge is 0.253 e. The lowest BCUT2D eigenvalue weighted by atomic mass is 10.2. The Bertz CT molecular complexity index is 403. The van der Waals surface area contributed by atoms with E-state index in [0.29, 0.717) is 41.8 Å². The molecule has 0 N–H and O–H groups in total. The molecule has 0 unspecified atom stereocenters. The van der Waals surface area contributed by atoms with E-state index in [0.717, 1.165) is 0 Å². The van der Waals surface area contributed by atoms with Gasteiger partial charge < -0.3 is 4.90 Å². The highest BCUT2D eigenvalue weighted by Gasteiger charge is 2.18. The van der Waals surface area contributed by atoms with Crippen LogP contribution in [0, 0.1) is 0 Å². The van der Waals surface area contributed by atoms with Crippen molar-refractivity contribution >= 4 is 29.1 Å². The molecule has 0 aliphatic carbocycles. The lowest BCUT2D eigenvalue weighted by Gasteiger charge is -2.26. The first kappa shape index (κ1) is 11.7. The Balaban J connectivity index is 2.16. The Kier molecular flexibility index (Phi) is 3.69. The molecule has 1 aromatic rings. The quantitative estimate of drug-likeness (QED) is 0.759. The Morgan fingerprint density at radius 2 is 1.88 bits per heavy atom. The highest BCUT2D eigenvalue weighted by molar-refractivity contribution is 6.42. The van der Waals surface area contributed by atoms with Crippen LogP contribution in [0.15, 0.2) is 18.2 Å². The molecule has 1 aliphatic heterocycles. The number of piperazine rings is 1. The van der Waals surface area contributed by atoms with Gasteiger partial charge in [-0.25, -0.2) is 5.32 Å². The maximum Gasteiger partial charge on any atom is 0.253 e. The zero-order valence-corrected chi connectivity index (χ0v) is 10.1. The second-order valence-electron chi connectivity index (χ2n) is 3.59. The Hall–Kier alpha value is -0.770. The van der Waals surface area contributed by atoms with Crippen molar-refractivity contribution in [1.29, 1.82) is 0 Å². The maximum absolute atomic E-state index is 12.0. The SMILES string of the molecule is O=C(c1ccc(Cl)c(Cl)c1)N1CC[N]CC1. The summed E-state index contributed by atoms with van der Waals surface area (Å²) in [4.78, 5) is 13.8. The topological polar surface area (TPSA) is 34.4 Å². The highest BCUT2D eigenvalue weighted by Crippen LogP contribution is 2.23. The maximum atomic E-state index is 12.0. The summed E-state index contributed by atoms with van der Waals surface area (Å²) in [5.74, 6) is -0.00605. The van der Waals surface area contributed by atoms with Crippen LogP contribution in [0.25, 0.3) is 0 Å². The third-order valence-electron chi connectivity index (χ3n) is 2.51. The molecule has 0 spiro atoms. The standard InChI is InChI=1S/C11H11Cl2N2O/c12-9-2-1-8(7-10(9)13)11(16)15-5-3-14-4-6-15/h1-2,7H,3-6H2. The molecule has 1 aliphatic rings. The summed E-state index contributed by atoms with van der Waals surface area (Å²) in [6.45, 7) is 2.79. The third-order valence-corrected chi connectivity index (χ3v) is 3.25. The van der Waals surface area contributed by atoms with Crippen LogP contribution >= 0.6 is 23.2 Å². The van der Waals surface area contributed by atoms with Gasteiger partial charge in [-0.15, -0.1) is 0 Å². The lowest BCUT2D eigenvalue weighted by molar-refractivity contribution is 0.0734. The van der Waals surface area contributed by atoms with E-state index in [1.54, 1.807) is 23.1 Å². The van der Waals surface area contributed by atoms with Crippen LogP contribution < -0.4 is 5.32 Å². The number of carbonyl (C=O) groups is 1. The van der Waals surface area contributed by atoms with Gasteiger partial charge in [0, 0.05) is 31.7 Å². The average molecular weight is 258 g/mol.